The van der Waals surface area contributed by atoms with Gasteiger partial charge < -0.3 is 20.9 Å². The molecule has 3 amide bonds. The largest absolute Gasteiger partial charge is 0.362 e. The van der Waals surface area contributed by atoms with Crippen LogP contribution >= 0.6 is 0 Å². The molecule has 0 saturated carbocycles. The topological polar surface area (TPSA) is 120 Å². The van der Waals surface area contributed by atoms with Crippen LogP contribution in [0.1, 0.15) is 19.3 Å². The number of amidine groups is 1. The Morgan fingerprint density at radius 3 is 2.32 bits per heavy atom. The Balaban J connectivity index is 1.47. The number of nitrogens with zero attached hydrogens (tertiary/aromatic N) is 2. The zero-order chi connectivity index (χ0) is 22.3. The van der Waals surface area contributed by atoms with E-state index in [0.717, 1.165) is 13.0 Å². The maximum Gasteiger partial charge on any atom is 0.319 e. The van der Waals surface area contributed by atoms with E-state index < -0.39 is 16.1 Å². The van der Waals surface area contributed by atoms with E-state index in [4.69, 9.17) is 0 Å². The highest BCUT2D eigenvalue weighted by Gasteiger charge is 2.20. The Morgan fingerprint density at radius 2 is 1.68 bits per heavy atom. The van der Waals surface area contributed by atoms with Crippen molar-refractivity contribution in [2.45, 2.75) is 24.2 Å². The molecule has 0 aromatic heterocycles. The molecule has 3 rings (SSSR count). The van der Waals surface area contributed by atoms with Crippen molar-refractivity contribution < 1.29 is 18.0 Å². The van der Waals surface area contributed by atoms with Crippen LogP contribution in [0.5, 0.6) is 0 Å². The van der Waals surface area contributed by atoms with Gasteiger partial charge in [-0.15, -0.1) is 4.40 Å². The number of likely N-dealkylation sites (tertiary alicyclic amines) is 1. The van der Waals surface area contributed by atoms with Gasteiger partial charge in [0.05, 0.1) is 4.90 Å². The second-order valence-corrected chi connectivity index (χ2v) is 8.68. The average molecular weight is 444 g/mol. The highest BCUT2D eigenvalue weighted by atomic mass is 32.2. The Kier molecular flexibility index (Phi) is 7.24. The fourth-order valence-electron chi connectivity index (χ4n) is 3.02. The number of amides is 3. The monoisotopic (exact) mass is 443 g/mol. The summed E-state index contributed by atoms with van der Waals surface area (Å²) in [5.41, 5.74) is 1.12. The van der Waals surface area contributed by atoms with Crippen molar-refractivity contribution in [3.05, 3.63) is 54.6 Å². The van der Waals surface area contributed by atoms with Crippen molar-refractivity contribution in [3.63, 3.8) is 0 Å². The highest BCUT2D eigenvalue weighted by Crippen LogP contribution is 2.19. The number of carbonyl (C=O) groups is 2. The van der Waals surface area contributed by atoms with Gasteiger partial charge in [0.2, 0.25) is 5.91 Å². The number of para-hydroxylation sites is 1. The average Bonchev–Trinajstić information content (AvgIpc) is 3.13. The molecule has 0 atom stereocenters. The number of nitrogens with one attached hydrogen (secondary N) is 3. The Hall–Kier alpha value is -3.40. The van der Waals surface area contributed by atoms with Gasteiger partial charge in [0.15, 0.2) is 0 Å². The van der Waals surface area contributed by atoms with Gasteiger partial charge in [0.1, 0.15) is 5.84 Å². The Morgan fingerprint density at radius 1 is 1.00 bits per heavy atom. The number of rotatable bonds is 7. The SMILES string of the molecule is CN1CCC/C1=N\S(=O)(=O)c1ccc(NC(=O)CCNC(=O)Nc2ccccc2)cc1. The highest BCUT2D eigenvalue weighted by molar-refractivity contribution is 7.90. The summed E-state index contributed by atoms with van der Waals surface area (Å²) < 4.78 is 28.8. The van der Waals surface area contributed by atoms with Crippen molar-refractivity contribution in [1.82, 2.24) is 10.2 Å². The molecule has 1 saturated heterocycles. The van der Waals surface area contributed by atoms with Crippen molar-refractivity contribution >= 4 is 39.2 Å². The molecule has 1 aliphatic heterocycles. The minimum Gasteiger partial charge on any atom is -0.362 e. The van der Waals surface area contributed by atoms with Crippen LogP contribution in [-0.2, 0) is 14.8 Å². The molecule has 0 aliphatic carbocycles. The van der Waals surface area contributed by atoms with Crippen LogP contribution in [0.4, 0.5) is 16.2 Å². The van der Waals surface area contributed by atoms with Crippen LogP contribution in [0, 0.1) is 0 Å². The van der Waals surface area contributed by atoms with E-state index in [1.54, 1.807) is 24.3 Å². The van der Waals surface area contributed by atoms with E-state index in [2.05, 4.69) is 20.3 Å². The van der Waals surface area contributed by atoms with Crippen molar-refractivity contribution in [1.29, 1.82) is 0 Å². The van der Waals surface area contributed by atoms with Crippen molar-refractivity contribution in [2.24, 2.45) is 4.40 Å². The number of urea groups is 1. The van der Waals surface area contributed by atoms with Gasteiger partial charge in [-0.3, -0.25) is 4.79 Å². The molecule has 2 aromatic rings. The van der Waals surface area contributed by atoms with Gasteiger partial charge in [-0.25, -0.2) is 4.79 Å². The van der Waals surface area contributed by atoms with Crippen LogP contribution in [0.2, 0.25) is 0 Å². The number of hydrogen-bond acceptors (Lipinski definition) is 4. The minimum absolute atomic E-state index is 0.0672. The lowest BCUT2D eigenvalue weighted by Crippen LogP contribution is -2.31. The quantitative estimate of drug-likeness (QED) is 0.608. The molecule has 0 spiro atoms. The first-order valence-electron chi connectivity index (χ1n) is 9.88. The molecule has 1 heterocycles. The zero-order valence-electron chi connectivity index (χ0n) is 17.2. The molecular formula is C21H25N5O4S. The first-order valence-corrected chi connectivity index (χ1v) is 11.3. The molecule has 31 heavy (non-hydrogen) atoms. The fourth-order valence-corrected chi connectivity index (χ4v) is 4.11. The second-order valence-electron chi connectivity index (χ2n) is 7.08. The predicted molar refractivity (Wildman–Crippen MR) is 120 cm³/mol. The van der Waals surface area contributed by atoms with Crippen LogP contribution in [0.25, 0.3) is 0 Å². The van der Waals surface area contributed by atoms with Gasteiger partial charge in [-0.1, -0.05) is 18.2 Å². The summed E-state index contributed by atoms with van der Waals surface area (Å²) in [7, 11) is -1.97. The summed E-state index contributed by atoms with van der Waals surface area (Å²) in [5.74, 6) is 0.254. The van der Waals surface area contributed by atoms with Crippen LogP contribution in [0.15, 0.2) is 63.9 Å². The third-order valence-corrected chi connectivity index (χ3v) is 5.98. The van der Waals surface area contributed by atoms with Crippen molar-refractivity contribution in [2.75, 3.05) is 30.8 Å². The van der Waals surface area contributed by atoms with E-state index >= 15 is 0 Å². The first-order chi connectivity index (χ1) is 14.8. The molecule has 0 radical (unpaired) electrons. The molecular weight excluding hydrogens is 418 g/mol. The van der Waals surface area contributed by atoms with Gasteiger partial charge in [0, 0.05) is 44.4 Å². The maximum absolute atomic E-state index is 12.5. The molecule has 3 N–H and O–H groups in total. The maximum atomic E-state index is 12.5. The third-order valence-electron chi connectivity index (χ3n) is 4.67. The molecule has 10 heteroatoms. The normalized spacial score (nSPS) is 15.0. The summed E-state index contributed by atoms with van der Waals surface area (Å²) >= 11 is 0. The van der Waals surface area contributed by atoms with Gasteiger partial charge in [-0.2, -0.15) is 8.42 Å². The van der Waals surface area contributed by atoms with Crippen molar-refractivity contribution in [3.8, 4) is 0 Å². The lowest BCUT2D eigenvalue weighted by molar-refractivity contribution is -0.116. The molecule has 9 nitrogen and oxygen atoms in total. The van der Waals surface area contributed by atoms with E-state index in [9.17, 15) is 18.0 Å². The van der Waals surface area contributed by atoms with Crippen LogP contribution < -0.4 is 16.0 Å². The zero-order valence-corrected chi connectivity index (χ0v) is 18.0. The van der Waals surface area contributed by atoms with Gasteiger partial charge >= 0.3 is 6.03 Å². The first kappa shape index (κ1) is 22.3. The van der Waals surface area contributed by atoms with Gasteiger partial charge in [-0.05, 0) is 42.8 Å². The second kappa shape index (κ2) is 10.1. The predicted octanol–water partition coefficient (Wildman–Crippen LogP) is 2.65. The minimum atomic E-state index is -3.79. The lowest BCUT2D eigenvalue weighted by atomic mass is 10.3. The molecule has 2 aromatic carbocycles. The summed E-state index contributed by atoms with van der Waals surface area (Å²) in [6.07, 6.45) is 1.60. The molecule has 1 aliphatic rings. The number of anilines is 2. The van der Waals surface area contributed by atoms with E-state index in [0.29, 0.717) is 23.6 Å². The smallest absolute Gasteiger partial charge is 0.319 e. The van der Waals surface area contributed by atoms with Crippen LogP contribution in [0.3, 0.4) is 0 Å². The molecule has 164 valence electrons. The van der Waals surface area contributed by atoms with Crippen LogP contribution in [-0.4, -0.2) is 51.2 Å². The molecule has 0 bridgehead atoms. The number of sulfonamides is 1. The van der Waals surface area contributed by atoms with E-state index in [1.807, 2.05) is 18.0 Å². The molecule has 1 fully saturated rings. The number of benzene rings is 2. The lowest BCUT2D eigenvalue weighted by Gasteiger charge is -2.11. The number of hydrogen-bond donors (Lipinski definition) is 3. The summed E-state index contributed by atoms with van der Waals surface area (Å²) in [6.45, 7) is 0.948. The summed E-state index contributed by atoms with van der Waals surface area (Å²) in [5, 5.41) is 7.94. The summed E-state index contributed by atoms with van der Waals surface area (Å²) in [6, 6.07) is 14.4. The van der Waals surface area contributed by atoms with E-state index in [1.165, 1.54) is 24.3 Å². The summed E-state index contributed by atoms with van der Waals surface area (Å²) in [4.78, 5) is 25.8. The Bertz CT molecular complexity index is 1050. The number of carbonyl (C=O) groups excluding carboxylic acids is 2. The Labute approximate surface area is 181 Å². The van der Waals surface area contributed by atoms with E-state index in [-0.39, 0.29) is 23.8 Å². The molecule has 0 unspecified atom stereocenters. The fraction of sp³-hybridized carbons (Fsp3) is 0.286. The van der Waals surface area contributed by atoms with Gasteiger partial charge in [0.25, 0.3) is 10.0 Å². The third kappa shape index (κ3) is 6.54. The standard InChI is InChI=1S/C21H25N5O4S/c1-26-15-5-8-19(26)25-31(29,30)18-11-9-17(10-12-18)23-20(27)13-14-22-21(28)24-16-6-3-2-4-7-16/h2-4,6-7,9-12H,5,8,13-15H2,1H3,(H,23,27)(H2,22,24,28)/b25-19+.